The second kappa shape index (κ2) is 16.5. The SMILES string of the molecule is CCCCCCCCCCC1(CCCCCCCCCC)c2cc(-c3nc4ccccc4s3)ccc2-c2cc[c]c(C(N)=O)c21. The number of para-hydroxylation sites is 1. The van der Waals surface area contributed by atoms with Gasteiger partial charge in [0.05, 0.1) is 15.8 Å². The van der Waals surface area contributed by atoms with Crippen LogP contribution in [-0.2, 0) is 5.41 Å². The minimum Gasteiger partial charge on any atom is -0.366 e. The Morgan fingerprint density at radius 2 is 1.36 bits per heavy atom. The van der Waals surface area contributed by atoms with Crippen molar-refractivity contribution in [2.75, 3.05) is 0 Å². The summed E-state index contributed by atoms with van der Waals surface area (Å²) in [5, 5.41) is 1.06. The fraction of sp³-hybridized carbons (Fsp3) is 0.512. The van der Waals surface area contributed by atoms with Crippen LogP contribution in [0, 0.1) is 6.07 Å². The van der Waals surface area contributed by atoms with Gasteiger partial charge in [0.1, 0.15) is 5.01 Å². The van der Waals surface area contributed by atoms with Crippen LogP contribution in [0.1, 0.15) is 151 Å². The van der Waals surface area contributed by atoms with Crippen LogP contribution in [0.3, 0.4) is 0 Å². The zero-order valence-electron chi connectivity index (χ0n) is 27.8. The van der Waals surface area contributed by atoms with Crippen LogP contribution in [0.4, 0.5) is 0 Å². The van der Waals surface area contributed by atoms with E-state index in [0.29, 0.717) is 5.56 Å². The standard InChI is InChI=1S/C41H53N2OS/c1-3-5-7-9-11-13-15-19-28-41(29-20-16-14-12-10-8-6-4-2)35-30-31(40-43-36-24-17-18-25-37(36)45-40)26-27-32(35)33-22-21-23-34(38(33)41)39(42)44/h17-18,21-22,24-27,30H,3-16,19-20,28-29H2,1-2H3,(H2,42,44). The molecule has 3 nitrogen and oxygen atoms in total. The highest BCUT2D eigenvalue weighted by Gasteiger charge is 2.44. The molecule has 1 amide bonds. The van der Waals surface area contributed by atoms with Gasteiger partial charge in [-0.2, -0.15) is 0 Å². The number of thiazole rings is 1. The van der Waals surface area contributed by atoms with Gasteiger partial charge >= 0.3 is 0 Å². The van der Waals surface area contributed by atoms with E-state index in [1.54, 1.807) is 11.3 Å². The highest BCUT2D eigenvalue weighted by atomic mass is 32.1. The Morgan fingerprint density at radius 3 is 1.96 bits per heavy atom. The van der Waals surface area contributed by atoms with Crippen molar-refractivity contribution in [3.05, 3.63) is 77.4 Å². The highest BCUT2D eigenvalue weighted by molar-refractivity contribution is 7.21. The molecule has 0 unspecified atom stereocenters. The summed E-state index contributed by atoms with van der Waals surface area (Å²) in [6.07, 6.45) is 22.7. The Morgan fingerprint density at radius 1 is 0.756 bits per heavy atom. The predicted octanol–water partition coefficient (Wildman–Crippen LogP) is 12.2. The molecule has 4 aromatic rings. The Balaban J connectivity index is 1.47. The number of aromatic nitrogens is 1. The fourth-order valence-corrected chi connectivity index (χ4v) is 8.58. The molecule has 5 rings (SSSR count). The first-order valence-electron chi connectivity index (χ1n) is 17.9. The van der Waals surface area contributed by atoms with Gasteiger partial charge < -0.3 is 5.73 Å². The lowest BCUT2D eigenvalue weighted by Crippen LogP contribution is -2.29. The van der Waals surface area contributed by atoms with Crippen LogP contribution in [0.5, 0.6) is 0 Å². The molecule has 0 aliphatic heterocycles. The number of hydrogen-bond acceptors (Lipinski definition) is 3. The summed E-state index contributed by atoms with van der Waals surface area (Å²) in [5.41, 5.74) is 13.6. The summed E-state index contributed by atoms with van der Waals surface area (Å²) < 4.78 is 1.21. The van der Waals surface area contributed by atoms with E-state index >= 15 is 0 Å². The zero-order valence-corrected chi connectivity index (χ0v) is 28.6. The first-order chi connectivity index (χ1) is 22.1. The topological polar surface area (TPSA) is 56.0 Å². The van der Waals surface area contributed by atoms with E-state index in [0.717, 1.165) is 41.8 Å². The summed E-state index contributed by atoms with van der Waals surface area (Å²) in [6.45, 7) is 4.56. The molecule has 239 valence electrons. The van der Waals surface area contributed by atoms with Crippen LogP contribution in [0.2, 0.25) is 0 Å². The van der Waals surface area contributed by atoms with Gasteiger partial charge in [-0.15, -0.1) is 11.3 Å². The second-order valence-corrected chi connectivity index (χ2v) is 14.3. The van der Waals surface area contributed by atoms with E-state index < -0.39 is 0 Å². The minimum atomic E-state index is -0.359. The normalized spacial score (nSPS) is 13.3. The van der Waals surface area contributed by atoms with Crippen LogP contribution in [-0.4, -0.2) is 10.9 Å². The number of hydrogen-bond donors (Lipinski definition) is 1. The Labute approximate surface area is 276 Å². The molecule has 0 saturated heterocycles. The lowest BCUT2D eigenvalue weighted by molar-refractivity contribution is 0.0997. The summed E-state index contributed by atoms with van der Waals surface area (Å²) in [5.74, 6) is -0.359. The van der Waals surface area contributed by atoms with Gasteiger partial charge in [0, 0.05) is 11.0 Å². The third-order valence-corrected chi connectivity index (χ3v) is 11.1. The lowest BCUT2D eigenvalue weighted by Gasteiger charge is -2.34. The van der Waals surface area contributed by atoms with E-state index in [1.807, 2.05) is 6.07 Å². The summed E-state index contributed by atoms with van der Waals surface area (Å²) >= 11 is 1.76. The molecule has 0 saturated carbocycles. The Hall–Kier alpha value is -2.98. The molecular weight excluding hydrogens is 569 g/mol. The quantitative estimate of drug-likeness (QED) is 0.0998. The number of carbonyl (C=O) groups excluding carboxylic acids is 1. The average molecular weight is 622 g/mol. The van der Waals surface area contributed by atoms with Gasteiger partial charge in [-0.25, -0.2) is 4.98 Å². The van der Waals surface area contributed by atoms with Crippen LogP contribution < -0.4 is 5.73 Å². The number of fused-ring (bicyclic) bond motifs is 4. The number of nitrogens with zero attached hydrogens (tertiary/aromatic N) is 1. The first kappa shape index (κ1) is 33.4. The molecule has 1 aliphatic carbocycles. The molecule has 0 atom stereocenters. The highest BCUT2D eigenvalue weighted by Crippen LogP contribution is 2.56. The molecule has 0 fully saturated rings. The van der Waals surface area contributed by atoms with Crippen molar-refractivity contribution in [1.29, 1.82) is 0 Å². The molecule has 3 aromatic carbocycles. The monoisotopic (exact) mass is 621 g/mol. The van der Waals surface area contributed by atoms with Crippen LogP contribution in [0.15, 0.2) is 54.6 Å². The predicted molar refractivity (Wildman–Crippen MR) is 193 cm³/mol. The van der Waals surface area contributed by atoms with Crippen molar-refractivity contribution >= 4 is 27.5 Å². The fourth-order valence-electron chi connectivity index (χ4n) is 7.62. The van der Waals surface area contributed by atoms with Gasteiger partial charge in [-0.3, -0.25) is 4.79 Å². The molecule has 4 heteroatoms. The maximum Gasteiger partial charge on any atom is 0.249 e. The second-order valence-electron chi connectivity index (χ2n) is 13.3. The molecule has 1 heterocycles. The Kier molecular flexibility index (Phi) is 12.3. The molecule has 45 heavy (non-hydrogen) atoms. The number of amides is 1. The molecule has 1 aliphatic rings. The third-order valence-electron chi connectivity index (χ3n) is 10.0. The molecule has 0 spiro atoms. The van der Waals surface area contributed by atoms with E-state index in [9.17, 15) is 4.79 Å². The molecular formula is C41H53N2OS. The van der Waals surface area contributed by atoms with Gasteiger partial charge in [0.25, 0.3) is 0 Å². The van der Waals surface area contributed by atoms with Crippen LogP contribution >= 0.6 is 11.3 Å². The van der Waals surface area contributed by atoms with E-state index in [1.165, 1.54) is 117 Å². The lowest BCUT2D eigenvalue weighted by atomic mass is 9.69. The summed E-state index contributed by atoms with van der Waals surface area (Å²) in [7, 11) is 0. The van der Waals surface area contributed by atoms with Crippen molar-refractivity contribution < 1.29 is 4.79 Å². The number of primary amides is 1. The molecule has 1 aromatic heterocycles. The van der Waals surface area contributed by atoms with Crippen molar-refractivity contribution in [1.82, 2.24) is 4.98 Å². The maximum absolute atomic E-state index is 13.0. The zero-order chi connectivity index (χ0) is 31.5. The van der Waals surface area contributed by atoms with Crippen LogP contribution in [0.25, 0.3) is 31.9 Å². The third kappa shape index (κ3) is 7.88. The van der Waals surface area contributed by atoms with Gasteiger partial charge in [0.15, 0.2) is 0 Å². The number of benzene rings is 3. The summed E-state index contributed by atoms with van der Waals surface area (Å²) in [6, 6.07) is 22.7. The molecule has 2 N–H and O–H groups in total. The minimum absolute atomic E-state index is 0.232. The molecule has 1 radical (unpaired) electrons. The first-order valence-corrected chi connectivity index (χ1v) is 18.8. The summed E-state index contributed by atoms with van der Waals surface area (Å²) in [4.78, 5) is 18.0. The number of carbonyl (C=O) groups is 1. The van der Waals surface area contributed by atoms with Crippen molar-refractivity contribution in [3.63, 3.8) is 0 Å². The van der Waals surface area contributed by atoms with Gasteiger partial charge in [-0.1, -0.05) is 153 Å². The number of nitrogens with two attached hydrogens (primary N) is 1. The Bertz CT molecular complexity index is 1480. The average Bonchev–Trinajstić information content (AvgIpc) is 3.61. The van der Waals surface area contributed by atoms with Crippen molar-refractivity contribution in [2.24, 2.45) is 5.73 Å². The molecule has 0 bridgehead atoms. The largest absolute Gasteiger partial charge is 0.366 e. The van der Waals surface area contributed by atoms with Gasteiger partial charge in [-0.05, 0) is 59.4 Å². The van der Waals surface area contributed by atoms with E-state index in [4.69, 9.17) is 10.7 Å². The van der Waals surface area contributed by atoms with E-state index in [-0.39, 0.29) is 11.3 Å². The van der Waals surface area contributed by atoms with Crippen molar-refractivity contribution in [3.8, 4) is 21.7 Å². The smallest absolute Gasteiger partial charge is 0.249 e. The van der Waals surface area contributed by atoms with Crippen molar-refractivity contribution in [2.45, 2.75) is 135 Å². The van der Waals surface area contributed by atoms with Gasteiger partial charge in [0.2, 0.25) is 5.91 Å². The maximum atomic E-state index is 13.0. The number of unbranched alkanes of at least 4 members (excludes halogenated alkanes) is 14. The number of rotatable bonds is 20. The van der Waals surface area contributed by atoms with E-state index in [2.05, 4.69) is 68.4 Å².